The molecule has 0 saturated heterocycles. The van der Waals surface area contributed by atoms with Crippen LogP contribution in [0, 0.1) is 0 Å². The molecule has 2 atom stereocenters. The number of nitrogens with one attached hydrogen (secondary N) is 2. The molecule has 0 aliphatic carbocycles. The average Bonchev–Trinajstić information content (AvgIpc) is 2.80. The van der Waals surface area contributed by atoms with Crippen LogP contribution in [-0.4, -0.2) is 49.2 Å². The van der Waals surface area contributed by atoms with E-state index in [1.54, 1.807) is 11.8 Å². The highest BCUT2D eigenvalue weighted by molar-refractivity contribution is 7.98. The highest BCUT2D eigenvalue weighted by Gasteiger charge is 2.27. The Hall–Kier alpha value is -3.00. The summed E-state index contributed by atoms with van der Waals surface area (Å²) in [7, 11) is 1.28. The predicted molar refractivity (Wildman–Crippen MR) is 121 cm³/mol. The van der Waals surface area contributed by atoms with Gasteiger partial charge in [0.2, 0.25) is 5.91 Å². The molecule has 0 fully saturated rings. The normalized spacial score (nSPS) is 12.3. The van der Waals surface area contributed by atoms with Gasteiger partial charge in [0.15, 0.2) is 0 Å². The average molecular weight is 445 g/mol. The third-order valence-corrected chi connectivity index (χ3v) is 5.16. The number of hydrogen-bond donors (Lipinski definition) is 2. The fourth-order valence-corrected chi connectivity index (χ4v) is 3.34. The van der Waals surface area contributed by atoms with E-state index >= 15 is 0 Å². The zero-order valence-electron chi connectivity index (χ0n) is 17.7. The SMILES string of the molecule is COC(=O)[C@@H](CCSC)NC(=O)[C@H](Cc1ccccc1)NC(=O)OCc1ccccc1. The van der Waals surface area contributed by atoms with Gasteiger partial charge < -0.3 is 20.1 Å². The van der Waals surface area contributed by atoms with Crippen molar-refractivity contribution in [3.8, 4) is 0 Å². The van der Waals surface area contributed by atoms with Crippen molar-refractivity contribution in [3.63, 3.8) is 0 Å². The largest absolute Gasteiger partial charge is 0.467 e. The first-order chi connectivity index (χ1) is 15.0. The van der Waals surface area contributed by atoms with Gasteiger partial charge in [-0.05, 0) is 29.6 Å². The Labute approximate surface area is 186 Å². The van der Waals surface area contributed by atoms with Crippen molar-refractivity contribution >= 4 is 29.7 Å². The van der Waals surface area contributed by atoms with E-state index in [4.69, 9.17) is 9.47 Å². The number of esters is 1. The van der Waals surface area contributed by atoms with Crippen LogP contribution >= 0.6 is 11.8 Å². The molecule has 0 aliphatic rings. The van der Waals surface area contributed by atoms with E-state index in [9.17, 15) is 14.4 Å². The maximum Gasteiger partial charge on any atom is 0.408 e. The number of alkyl carbamates (subject to hydrolysis) is 1. The zero-order valence-corrected chi connectivity index (χ0v) is 18.5. The van der Waals surface area contributed by atoms with Crippen LogP contribution in [0.5, 0.6) is 0 Å². The first-order valence-electron chi connectivity index (χ1n) is 9.91. The van der Waals surface area contributed by atoms with Gasteiger partial charge in [-0.25, -0.2) is 9.59 Å². The van der Waals surface area contributed by atoms with Crippen LogP contribution in [0.25, 0.3) is 0 Å². The maximum atomic E-state index is 13.0. The van der Waals surface area contributed by atoms with E-state index in [0.29, 0.717) is 12.2 Å². The predicted octanol–water partition coefficient (Wildman–Crippen LogP) is 2.94. The number of carbonyl (C=O) groups is 3. The Morgan fingerprint density at radius 3 is 2.10 bits per heavy atom. The Morgan fingerprint density at radius 2 is 1.52 bits per heavy atom. The smallest absolute Gasteiger partial charge is 0.408 e. The van der Waals surface area contributed by atoms with Gasteiger partial charge in [0, 0.05) is 6.42 Å². The fourth-order valence-electron chi connectivity index (χ4n) is 2.87. The van der Waals surface area contributed by atoms with Crippen LogP contribution in [0.4, 0.5) is 4.79 Å². The maximum absolute atomic E-state index is 13.0. The minimum Gasteiger partial charge on any atom is -0.467 e. The lowest BCUT2D eigenvalue weighted by Gasteiger charge is -2.22. The number of carbonyl (C=O) groups excluding carboxylic acids is 3. The third kappa shape index (κ3) is 8.72. The van der Waals surface area contributed by atoms with Crippen molar-refractivity contribution in [2.45, 2.75) is 31.5 Å². The lowest BCUT2D eigenvalue weighted by atomic mass is 10.0. The van der Waals surface area contributed by atoms with Gasteiger partial charge in [-0.2, -0.15) is 11.8 Å². The molecule has 7 nitrogen and oxygen atoms in total. The zero-order chi connectivity index (χ0) is 22.5. The molecule has 0 unspecified atom stereocenters. The summed E-state index contributed by atoms with van der Waals surface area (Å²) in [5, 5.41) is 5.33. The van der Waals surface area contributed by atoms with Crippen molar-refractivity contribution < 1.29 is 23.9 Å². The molecule has 0 aromatic heterocycles. The molecular weight excluding hydrogens is 416 g/mol. The van der Waals surface area contributed by atoms with E-state index in [0.717, 1.165) is 11.1 Å². The molecule has 2 N–H and O–H groups in total. The molecule has 2 aromatic rings. The summed E-state index contributed by atoms with van der Waals surface area (Å²) in [6, 6.07) is 16.9. The van der Waals surface area contributed by atoms with Crippen LogP contribution in [0.15, 0.2) is 60.7 Å². The van der Waals surface area contributed by atoms with Gasteiger partial charge in [0.05, 0.1) is 7.11 Å². The van der Waals surface area contributed by atoms with Crippen molar-refractivity contribution in [2.75, 3.05) is 19.1 Å². The Bertz CT molecular complexity index is 832. The lowest BCUT2D eigenvalue weighted by Crippen LogP contribution is -2.52. The number of hydrogen-bond acceptors (Lipinski definition) is 6. The number of amides is 2. The van der Waals surface area contributed by atoms with Crippen molar-refractivity contribution in [1.82, 2.24) is 10.6 Å². The summed E-state index contributed by atoms with van der Waals surface area (Å²) in [5.41, 5.74) is 1.70. The van der Waals surface area contributed by atoms with Gasteiger partial charge in [-0.1, -0.05) is 60.7 Å². The fraction of sp³-hybridized carbons (Fsp3) is 0.348. The minimum atomic E-state index is -0.910. The second-order valence-electron chi connectivity index (χ2n) is 6.81. The van der Waals surface area contributed by atoms with Crippen LogP contribution in [-0.2, 0) is 32.1 Å². The molecular formula is C23H28N2O5S. The quantitative estimate of drug-likeness (QED) is 0.518. The van der Waals surface area contributed by atoms with Crippen molar-refractivity contribution in [3.05, 3.63) is 71.8 Å². The van der Waals surface area contributed by atoms with Crippen LogP contribution in [0.2, 0.25) is 0 Å². The molecule has 0 bridgehead atoms. The third-order valence-electron chi connectivity index (χ3n) is 4.52. The van der Waals surface area contributed by atoms with Crippen molar-refractivity contribution in [1.29, 1.82) is 0 Å². The highest BCUT2D eigenvalue weighted by Crippen LogP contribution is 2.08. The van der Waals surface area contributed by atoms with Crippen molar-refractivity contribution in [2.24, 2.45) is 0 Å². The molecule has 0 spiro atoms. The Kier molecular flexibility index (Phi) is 10.4. The summed E-state index contributed by atoms with van der Waals surface area (Å²) in [5.74, 6) is -0.319. The second kappa shape index (κ2) is 13.3. The summed E-state index contributed by atoms with van der Waals surface area (Å²) in [4.78, 5) is 37.4. The minimum absolute atomic E-state index is 0.0882. The molecule has 2 aromatic carbocycles. The summed E-state index contributed by atoms with van der Waals surface area (Å²) in [6.07, 6.45) is 1.89. The van der Waals surface area contributed by atoms with Gasteiger partial charge in [0.25, 0.3) is 0 Å². The Balaban J connectivity index is 2.06. The van der Waals surface area contributed by atoms with Gasteiger partial charge >= 0.3 is 12.1 Å². The highest BCUT2D eigenvalue weighted by atomic mass is 32.2. The molecule has 166 valence electrons. The standard InChI is InChI=1S/C23H28N2O5S/c1-29-22(27)19(13-14-31-2)24-21(26)20(15-17-9-5-3-6-10-17)25-23(28)30-16-18-11-7-4-8-12-18/h3-12,19-20H,13-16H2,1-2H3,(H,24,26)(H,25,28)/t19-,20+/m1/s1. The molecule has 2 rings (SSSR count). The summed E-state index contributed by atoms with van der Waals surface area (Å²) in [6.45, 7) is 0.0882. The molecule has 0 saturated carbocycles. The number of rotatable bonds is 11. The molecule has 0 radical (unpaired) electrons. The Morgan fingerprint density at radius 1 is 0.903 bits per heavy atom. The monoisotopic (exact) mass is 444 g/mol. The van der Waals surface area contributed by atoms with Gasteiger partial charge in [-0.3, -0.25) is 4.79 Å². The first kappa shape index (κ1) is 24.3. The number of ether oxygens (including phenoxy) is 2. The molecule has 8 heteroatoms. The second-order valence-corrected chi connectivity index (χ2v) is 7.80. The van der Waals surface area contributed by atoms with E-state index in [-0.39, 0.29) is 13.0 Å². The van der Waals surface area contributed by atoms with E-state index in [2.05, 4.69) is 10.6 Å². The molecule has 2 amide bonds. The van der Waals surface area contributed by atoms with Crippen LogP contribution in [0.1, 0.15) is 17.5 Å². The van der Waals surface area contributed by atoms with E-state index < -0.39 is 30.1 Å². The van der Waals surface area contributed by atoms with Crippen LogP contribution < -0.4 is 10.6 Å². The number of methoxy groups -OCH3 is 1. The number of benzene rings is 2. The van der Waals surface area contributed by atoms with Gasteiger partial charge in [0.1, 0.15) is 18.7 Å². The first-order valence-corrected chi connectivity index (χ1v) is 11.3. The van der Waals surface area contributed by atoms with Gasteiger partial charge in [-0.15, -0.1) is 0 Å². The molecule has 31 heavy (non-hydrogen) atoms. The molecule has 0 heterocycles. The lowest BCUT2D eigenvalue weighted by molar-refractivity contribution is -0.145. The topological polar surface area (TPSA) is 93.7 Å². The number of thioether (sulfide) groups is 1. The summed E-state index contributed by atoms with van der Waals surface area (Å²) >= 11 is 1.56. The van der Waals surface area contributed by atoms with E-state index in [1.165, 1.54) is 7.11 Å². The van der Waals surface area contributed by atoms with Crippen LogP contribution in [0.3, 0.4) is 0 Å². The van der Waals surface area contributed by atoms with E-state index in [1.807, 2.05) is 66.9 Å². The summed E-state index contributed by atoms with van der Waals surface area (Å²) < 4.78 is 10.1. The molecule has 0 aliphatic heterocycles.